The Morgan fingerprint density at radius 1 is 1.27 bits per heavy atom. The average molecular weight is 157 g/mol. The largest absolute Gasteiger partial charge is 0.328 e. The van der Waals surface area contributed by atoms with Crippen molar-refractivity contribution in [1.29, 1.82) is 0 Å². The molecule has 1 rings (SSSR count). The minimum Gasteiger partial charge on any atom is -0.328 e. The molecule has 11 heavy (non-hydrogen) atoms. The first-order valence-corrected chi connectivity index (χ1v) is 4.78. The van der Waals surface area contributed by atoms with E-state index in [-0.39, 0.29) is 0 Å². The van der Waals surface area contributed by atoms with Crippen molar-refractivity contribution in [2.45, 2.75) is 53.5 Å². The van der Waals surface area contributed by atoms with Gasteiger partial charge in [0.1, 0.15) is 0 Å². The van der Waals surface area contributed by atoms with Crippen molar-refractivity contribution in [3.8, 4) is 0 Å². The second kappa shape index (κ2) is 4.10. The first-order valence-electron chi connectivity index (χ1n) is 4.78. The third kappa shape index (κ3) is 2.82. The zero-order valence-corrected chi connectivity index (χ0v) is 8.65. The molecule has 1 unspecified atom stereocenters. The summed E-state index contributed by atoms with van der Waals surface area (Å²) in [7, 11) is 0. The van der Waals surface area contributed by atoms with Crippen LogP contribution in [0.1, 0.15) is 47.5 Å². The van der Waals surface area contributed by atoms with E-state index in [0.29, 0.717) is 11.5 Å². The fourth-order valence-electron chi connectivity index (χ4n) is 1.73. The third-order valence-corrected chi connectivity index (χ3v) is 2.78. The molecule has 0 aromatic heterocycles. The minimum atomic E-state index is 0.468. The SMILES string of the molecule is CC.CC1C[C@@H](N)CC1(C)C. The van der Waals surface area contributed by atoms with Crippen molar-refractivity contribution < 1.29 is 0 Å². The summed E-state index contributed by atoms with van der Waals surface area (Å²) in [5.74, 6) is 0.812. The number of hydrogen-bond acceptors (Lipinski definition) is 1. The first-order chi connectivity index (χ1) is 5.02. The molecule has 0 aromatic rings. The predicted molar refractivity (Wildman–Crippen MR) is 51.5 cm³/mol. The van der Waals surface area contributed by atoms with Crippen LogP contribution in [0.25, 0.3) is 0 Å². The van der Waals surface area contributed by atoms with E-state index in [0.717, 1.165) is 5.92 Å². The van der Waals surface area contributed by atoms with Crippen LogP contribution >= 0.6 is 0 Å². The van der Waals surface area contributed by atoms with Gasteiger partial charge in [0.05, 0.1) is 0 Å². The lowest BCUT2D eigenvalue weighted by Gasteiger charge is -2.22. The molecule has 0 heterocycles. The Morgan fingerprint density at radius 3 is 1.82 bits per heavy atom. The van der Waals surface area contributed by atoms with Crippen LogP contribution in [0.15, 0.2) is 0 Å². The zero-order valence-electron chi connectivity index (χ0n) is 8.65. The molecule has 0 amide bonds. The topological polar surface area (TPSA) is 26.0 Å². The van der Waals surface area contributed by atoms with E-state index in [1.165, 1.54) is 12.8 Å². The molecule has 0 aliphatic heterocycles. The van der Waals surface area contributed by atoms with Crippen molar-refractivity contribution in [2.24, 2.45) is 17.1 Å². The van der Waals surface area contributed by atoms with Gasteiger partial charge < -0.3 is 5.73 Å². The highest BCUT2D eigenvalue weighted by Crippen LogP contribution is 2.41. The van der Waals surface area contributed by atoms with Crippen LogP contribution in [0.3, 0.4) is 0 Å². The van der Waals surface area contributed by atoms with Crippen LogP contribution in [0, 0.1) is 11.3 Å². The summed E-state index contributed by atoms with van der Waals surface area (Å²) in [6.45, 7) is 10.9. The standard InChI is InChI=1S/C8H17N.C2H6/c1-6-4-7(9)5-8(6,2)3;1-2/h6-7H,4-5,9H2,1-3H3;1-2H3/t6?,7-;/m1./s1. The van der Waals surface area contributed by atoms with Gasteiger partial charge in [-0.1, -0.05) is 34.6 Å². The lowest BCUT2D eigenvalue weighted by Crippen LogP contribution is -2.17. The Labute approximate surface area is 71.4 Å². The number of hydrogen-bond donors (Lipinski definition) is 1. The van der Waals surface area contributed by atoms with Crippen molar-refractivity contribution in [2.75, 3.05) is 0 Å². The van der Waals surface area contributed by atoms with E-state index in [1.54, 1.807) is 0 Å². The van der Waals surface area contributed by atoms with Gasteiger partial charge in [-0.25, -0.2) is 0 Å². The molecule has 2 atom stereocenters. The number of nitrogens with two attached hydrogens (primary N) is 1. The molecule has 1 heteroatoms. The van der Waals surface area contributed by atoms with Gasteiger partial charge in [-0.15, -0.1) is 0 Å². The quantitative estimate of drug-likeness (QED) is 0.575. The third-order valence-electron chi connectivity index (χ3n) is 2.78. The van der Waals surface area contributed by atoms with Gasteiger partial charge in [-0.3, -0.25) is 0 Å². The van der Waals surface area contributed by atoms with Crippen LogP contribution in [-0.4, -0.2) is 6.04 Å². The zero-order chi connectivity index (χ0) is 9.07. The highest BCUT2D eigenvalue weighted by Gasteiger charge is 2.35. The van der Waals surface area contributed by atoms with E-state index >= 15 is 0 Å². The van der Waals surface area contributed by atoms with Gasteiger partial charge >= 0.3 is 0 Å². The molecule has 1 saturated carbocycles. The smallest absolute Gasteiger partial charge is 0.00467 e. The van der Waals surface area contributed by atoms with E-state index in [1.807, 2.05) is 13.8 Å². The van der Waals surface area contributed by atoms with Crippen molar-refractivity contribution in [1.82, 2.24) is 0 Å². The fraction of sp³-hybridized carbons (Fsp3) is 1.00. The summed E-state index contributed by atoms with van der Waals surface area (Å²) in [5.41, 5.74) is 6.30. The Hall–Kier alpha value is -0.0400. The van der Waals surface area contributed by atoms with Gasteiger partial charge in [0.2, 0.25) is 0 Å². The summed E-state index contributed by atoms with van der Waals surface area (Å²) in [6.07, 6.45) is 2.42. The van der Waals surface area contributed by atoms with E-state index < -0.39 is 0 Å². The molecular weight excluding hydrogens is 134 g/mol. The van der Waals surface area contributed by atoms with Gasteiger partial charge in [0.15, 0.2) is 0 Å². The maximum atomic E-state index is 5.80. The van der Waals surface area contributed by atoms with E-state index in [9.17, 15) is 0 Å². The van der Waals surface area contributed by atoms with Crippen LogP contribution in [-0.2, 0) is 0 Å². The Bertz CT molecular complexity index is 107. The van der Waals surface area contributed by atoms with Crippen LogP contribution in [0.4, 0.5) is 0 Å². The van der Waals surface area contributed by atoms with Crippen molar-refractivity contribution >= 4 is 0 Å². The first kappa shape index (κ1) is 11.0. The molecule has 1 fully saturated rings. The molecular formula is C10H23N. The lowest BCUT2D eigenvalue weighted by atomic mass is 9.83. The predicted octanol–water partition coefficient (Wildman–Crippen LogP) is 2.80. The highest BCUT2D eigenvalue weighted by molar-refractivity contribution is 4.89. The summed E-state index contributed by atoms with van der Waals surface area (Å²) in [5, 5.41) is 0. The van der Waals surface area contributed by atoms with Gasteiger partial charge in [-0.05, 0) is 24.2 Å². The highest BCUT2D eigenvalue weighted by atomic mass is 14.7. The molecule has 0 spiro atoms. The number of rotatable bonds is 0. The van der Waals surface area contributed by atoms with Gasteiger partial charge in [-0.2, -0.15) is 0 Å². The molecule has 1 nitrogen and oxygen atoms in total. The Balaban J connectivity index is 0.000000461. The molecule has 1 aliphatic rings. The van der Waals surface area contributed by atoms with Gasteiger partial charge in [0.25, 0.3) is 0 Å². The van der Waals surface area contributed by atoms with Crippen LogP contribution in [0.2, 0.25) is 0 Å². The van der Waals surface area contributed by atoms with Gasteiger partial charge in [0, 0.05) is 6.04 Å². The molecule has 1 aliphatic carbocycles. The molecule has 0 aromatic carbocycles. The normalized spacial score (nSPS) is 34.4. The Morgan fingerprint density at radius 2 is 1.73 bits per heavy atom. The molecule has 0 radical (unpaired) electrons. The van der Waals surface area contributed by atoms with E-state index in [4.69, 9.17) is 5.73 Å². The second-order valence-electron chi connectivity index (χ2n) is 4.09. The summed E-state index contributed by atoms with van der Waals surface area (Å²) in [4.78, 5) is 0. The molecule has 68 valence electrons. The van der Waals surface area contributed by atoms with Crippen molar-refractivity contribution in [3.63, 3.8) is 0 Å². The molecule has 0 saturated heterocycles. The average Bonchev–Trinajstić information content (AvgIpc) is 2.10. The van der Waals surface area contributed by atoms with Crippen LogP contribution in [0.5, 0.6) is 0 Å². The van der Waals surface area contributed by atoms with Crippen LogP contribution < -0.4 is 5.73 Å². The second-order valence-corrected chi connectivity index (χ2v) is 4.09. The maximum absolute atomic E-state index is 5.80. The Kier molecular flexibility index (Phi) is 4.09. The van der Waals surface area contributed by atoms with E-state index in [2.05, 4.69) is 20.8 Å². The monoisotopic (exact) mass is 157 g/mol. The minimum absolute atomic E-state index is 0.468. The summed E-state index contributed by atoms with van der Waals surface area (Å²) in [6, 6.07) is 0.468. The lowest BCUT2D eigenvalue weighted by molar-refractivity contribution is 0.280. The maximum Gasteiger partial charge on any atom is 0.00467 e. The fourth-order valence-corrected chi connectivity index (χ4v) is 1.73. The summed E-state index contributed by atoms with van der Waals surface area (Å²) >= 11 is 0. The molecule has 2 N–H and O–H groups in total. The molecule has 0 bridgehead atoms. The van der Waals surface area contributed by atoms with Crippen molar-refractivity contribution in [3.05, 3.63) is 0 Å². The summed E-state index contributed by atoms with van der Waals surface area (Å²) < 4.78 is 0.